The fourth-order valence-corrected chi connectivity index (χ4v) is 3.33. The highest BCUT2D eigenvalue weighted by Crippen LogP contribution is 2.21. The number of amides is 1. The molecule has 1 amide bonds. The van der Waals surface area contributed by atoms with Gasteiger partial charge in [-0.1, -0.05) is 37.3 Å². The fourth-order valence-electron chi connectivity index (χ4n) is 3.33. The molecule has 8 nitrogen and oxygen atoms in total. The smallest absolute Gasteiger partial charge is 0.269 e. The summed E-state index contributed by atoms with van der Waals surface area (Å²) in [7, 11) is 0. The number of nitrogens with zero attached hydrogens (tertiary/aromatic N) is 3. The van der Waals surface area contributed by atoms with E-state index < -0.39 is 16.6 Å². The Bertz CT molecular complexity index is 957. The van der Waals surface area contributed by atoms with E-state index in [2.05, 4.69) is 4.99 Å². The molecule has 2 aromatic carbocycles. The molecular formula is C23H25N3O5. The first kappa shape index (κ1) is 22.1. The van der Waals surface area contributed by atoms with E-state index in [0.717, 1.165) is 18.4 Å². The Labute approximate surface area is 180 Å². The molecule has 1 unspecified atom stereocenters. The summed E-state index contributed by atoms with van der Waals surface area (Å²) in [6.45, 7) is 2.75. The standard InChI is InChI=1S/C23H25N3O5/c1-2-20-16-24-23(31-20)21(27)15-22(28)25(14-6-9-17-7-4-3-5-8-17)18-10-12-19(13-11-18)26(29)30/h3-5,7-8,10-13,20H,2,6,9,14-16H2,1H3. The van der Waals surface area contributed by atoms with Crippen molar-refractivity contribution in [3.63, 3.8) is 0 Å². The molecule has 0 aliphatic carbocycles. The van der Waals surface area contributed by atoms with E-state index in [4.69, 9.17) is 4.74 Å². The van der Waals surface area contributed by atoms with Crippen molar-refractivity contribution in [1.82, 2.24) is 0 Å². The van der Waals surface area contributed by atoms with Crippen LogP contribution < -0.4 is 4.90 Å². The number of aryl methyl sites for hydroxylation is 1. The predicted octanol–water partition coefficient (Wildman–Crippen LogP) is 3.73. The summed E-state index contributed by atoms with van der Waals surface area (Å²) >= 11 is 0. The molecule has 0 bridgehead atoms. The molecule has 1 atom stereocenters. The lowest BCUT2D eigenvalue weighted by molar-refractivity contribution is -0.384. The zero-order valence-corrected chi connectivity index (χ0v) is 17.4. The molecule has 0 saturated carbocycles. The fraction of sp³-hybridized carbons (Fsp3) is 0.348. The molecule has 162 valence electrons. The Morgan fingerprint density at radius 3 is 2.48 bits per heavy atom. The SMILES string of the molecule is CCC1CN=C(C(=O)CC(=O)N(CCCc2ccccc2)c2ccc([N+](=O)[O-])cc2)O1. The van der Waals surface area contributed by atoms with Gasteiger partial charge in [-0.25, -0.2) is 4.99 Å². The van der Waals surface area contributed by atoms with Crippen molar-refractivity contribution < 1.29 is 19.2 Å². The third kappa shape index (κ3) is 5.97. The van der Waals surface area contributed by atoms with Gasteiger partial charge in [0, 0.05) is 24.4 Å². The highest BCUT2D eigenvalue weighted by Gasteiger charge is 2.27. The van der Waals surface area contributed by atoms with Crippen molar-refractivity contribution in [2.75, 3.05) is 18.0 Å². The third-order valence-corrected chi connectivity index (χ3v) is 5.09. The number of carbonyl (C=O) groups is 2. The molecule has 0 aromatic heterocycles. The van der Waals surface area contributed by atoms with Gasteiger partial charge in [0.25, 0.3) is 11.6 Å². The van der Waals surface area contributed by atoms with Crippen LogP contribution in [0.25, 0.3) is 0 Å². The van der Waals surface area contributed by atoms with Crippen LogP contribution in [0.15, 0.2) is 59.6 Å². The van der Waals surface area contributed by atoms with Crippen molar-refractivity contribution in [3.8, 4) is 0 Å². The van der Waals surface area contributed by atoms with E-state index in [-0.39, 0.29) is 24.1 Å². The van der Waals surface area contributed by atoms with Crippen LogP contribution in [0.1, 0.15) is 31.7 Å². The number of non-ortho nitro benzene ring substituents is 1. The zero-order chi connectivity index (χ0) is 22.2. The van der Waals surface area contributed by atoms with Gasteiger partial charge in [-0.15, -0.1) is 0 Å². The Balaban J connectivity index is 1.70. The number of anilines is 1. The lowest BCUT2D eigenvalue weighted by Gasteiger charge is -2.23. The monoisotopic (exact) mass is 423 g/mol. The van der Waals surface area contributed by atoms with Crippen LogP contribution in [-0.4, -0.2) is 41.7 Å². The number of hydrogen-bond acceptors (Lipinski definition) is 6. The van der Waals surface area contributed by atoms with Crippen LogP contribution in [0.4, 0.5) is 11.4 Å². The highest BCUT2D eigenvalue weighted by molar-refractivity contribution is 6.40. The van der Waals surface area contributed by atoms with Crippen LogP contribution in [0.2, 0.25) is 0 Å². The van der Waals surface area contributed by atoms with Crippen LogP contribution in [0.3, 0.4) is 0 Å². The number of nitro groups is 1. The van der Waals surface area contributed by atoms with Crippen molar-refractivity contribution in [2.45, 2.75) is 38.7 Å². The summed E-state index contributed by atoms with van der Waals surface area (Å²) < 4.78 is 5.49. The topological polar surface area (TPSA) is 102 Å². The second-order valence-corrected chi connectivity index (χ2v) is 7.30. The number of ketones is 1. The molecular weight excluding hydrogens is 398 g/mol. The molecule has 8 heteroatoms. The van der Waals surface area contributed by atoms with Gasteiger partial charge < -0.3 is 9.64 Å². The predicted molar refractivity (Wildman–Crippen MR) is 117 cm³/mol. The number of Topliss-reactive ketones (excluding diaryl/α,β-unsaturated/α-hetero) is 1. The van der Waals surface area contributed by atoms with Gasteiger partial charge in [0.2, 0.25) is 11.7 Å². The van der Waals surface area contributed by atoms with Crippen LogP contribution in [-0.2, 0) is 20.7 Å². The molecule has 3 rings (SSSR count). The number of carbonyl (C=O) groups excluding carboxylic acids is 2. The van der Waals surface area contributed by atoms with Gasteiger partial charge in [0.1, 0.15) is 6.10 Å². The van der Waals surface area contributed by atoms with Gasteiger partial charge in [0.15, 0.2) is 0 Å². The van der Waals surface area contributed by atoms with Gasteiger partial charge in [-0.2, -0.15) is 0 Å². The number of nitro benzene ring substituents is 1. The van der Waals surface area contributed by atoms with Crippen LogP contribution in [0, 0.1) is 10.1 Å². The third-order valence-electron chi connectivity index (χ3n) is 5.09. The molecule has 0 radical (unpaired) electrons. The molecule has 0 spiro atoms. The number of ether oxygens (including phenoxy) is 1. The summed E-state index contributed by atoms with van der Waals surface area (Å²) in [6.07, 6.45) is 1.70. The Kier molecular flexibility index (Phi) is 7.48. The largest absolute Gasteiger partial charge is 0.470 e. The molecule has 1 aliphatic heterocycles. The van der Waals surface area contributed by atoms with Crippen molar-refractivity contribution in [2.24, 2.45) is 4.99 Å². The van der Waals surface area contributed by atoms with E-state index in [0.29, 0.717) is 25.2 Å². The molecule has 2 aromatic rings. The van der Waals surface area contributed by atoms with E-state index in [9.17, 15) is 19.7 Å². The Morgan fingerprint density at radius 2 is 1.87 bits per heavy atom. The van der Waals surface area contributed by atoms with Gasteiger partial charge in [0.05, 0.1) is 17.9 Å². The van der Waals surface area contributed by atoms with Crippen molar-refractivity contribution >= 4 is 29.0 Å². The molecule has 1 aliphatic rings. The van der Waals surface area contributed by atoms with Gasteiger partial charge in [-0.05, 0) is 37.0 Å². The summed E-state index contributed by atoms with van der Waals surface area (Å²) in [4.78, 5) is 41.5. The second-order valence-electron chi connectivity index (χ2n) is 7.30. The maximum atomic E-state index is 13.0. The van der Waals surface area contributed by atoms with E-state index >= 15 is 0 Å². The number of benzene rings is 2. The molecule has 0 N–H and O–H groups in total. The highest BCUT2D eigenvalue weighted by atomic mass is 16.6. The molecule has 0 saturated heterocycles. The number of rotatable bonds is 10. The first-order valence-electron chi connectivity index (χ1n) is 10.3. The number of hydrogen-bond donors (Lipinski definition) is 0. The quantitative estimate of drug-likeness (QED) is 0.329. The average Bonchev–Trinajstić information content (AvgIpc) is 3.27. The lowest BCUT2D eigenvalue weighted by Crippen LogP contribution is -2.35. The number of aliphatic imine (C=N–C) groups is 1. The summed E-state index contributed by atoms with van der Waals surface area (Å²) in [5, 5.41) is 10.9. The summed E-state index contributed by atoms with van der Waals surface area (Å²) in [5.41, 5.74) is 1.60. The minimum Gasteiger partial charge on any atom is -0.470 e. The average molecular weight is 423 g/mol. The molecule has 31 heavy (non-hydrogen) atoms. The van der Waals surface area contributed by atoms with Crippen LogP contribution >= 0.6 is 0 Å². The molecule has 1 heterocycles. The Hall–Kier alpha value is -3.55. The van der Waals surface area contributed by atoms with E-state index in [1.165, 1.54) is 29.2 Å². The first-order valence-corrected chi connectivity index (χ1v) is 10.3. The lowest BCUT2D eigenvalue weighted by atomic mass is 10.1. The van der Waals surface area contributed by atoms with E-state index in [1.807, 2.05) is 37.3 Å². The Morgan fingerprint density at radius 1 is 1.16 bits per heavy atom. The van der Waals surface area contributed by atoms with Crippen LogP contribution in [0.5, 0.6) is 0 Å². The summed E-state index contributed by atoms with van der Waals surface area (Å²) in [6, 6.07) is 15.6. The molecule has 0 fully saturated rings. The van der Waals surface area contributed by atoms with Gasteiger partial charge in [-0.3, -0.25) is 19.7 Å². The maximum absolute atomic E-state index is 13.0. The maximum Gasteiger partial charge on any atom is 0.269 e. The van der Waals surface area contributed by atoms with Gasteiger partial charge >= 0.3 is 0 Å². The normalized spacial score (nSPS) is 15.1. The van der Waals surface area contributed by atoms with E-state index in [1.54, 1.807) is 0 Å². The van der Waals surface area contributed by atoms with Crippen molar-refractivity contribution in [1.29, 1.82) is 0 Å². The zero-order valence-electron chi connectivity index (χ0n) is 17.4. The first-order chi connectivity index (χ1) is 15.0. The second kappa shape index (κ2) is 10.5. The van der Waals surface area contributed by atoms with Crippen molar-refractivity contribution in [3.05, 3.63) is 70.3 Å². The minimum absolute atomic E-state index is 0.00753. The summed E-state index contributed by atoms with van der Waals surface area (Å²) in [5.74, 6) is -0.831. The minimum atomic E-state index is -0.491.